The second-order valence-electron chi connectivity index (χ2n) is 7.54. The Balaban J connectivity index is 2.08. The zero-order chi connectivity index (χ0) is 16.3. The molecule has 0 aromatic rings. The second-order valence-corrected chi connectivity index (χ2v) is 7.54. The van der Waals surface area contributed by atoms with E-state index >= 15 is 0 Å². The van der Waals surface area contributed by atoms with Crippen molar-refractivity contribution >= 4 is 6.09 Å². The van der Waals surface area contributed by atoms with Crippen LogP contribution in [0.3, 0.4) is 0 Å². The van der Waals surface area contributed by atoms with Crippen LogP contribution in [-0.4, -0.2) is 42.8 Å². The Morgan fingerprint density at radius 2 is 2.09 bits per heavy atom. The number of likely N-dealkylation sites (N-methyl/N-ethyl adjacent to an activating group) is 1. The highest BCUT2D eigenvalue weighted by Gasteiger charge is 2.36. The topological polar surface area (TPSA) is 41.6 Å². The SMILES string of the molecule is CC1C=CC(C2CNCC2N(C)C(=O)OC(C)(C)C)=CCC1. The van der Waals surface area contributed by atoms with E-state index in [9.17, 15) is 4.79 Å². The number of rotatable bonds is 2. The number of amides is 1. The number of hydrogen-bond acceptors (Lipinski definition) is 3. The van der Waals surface area contributed by atoms with Crippen LogP contribution < -0.4 is 5.32 Å². The van der Waals surface area contributed by atoms with E-state index in [0.717, 1.165) is 19.5 Å². The lowest BCUT2D eigenvalue weighted by atomic mass is 9.92. The summed E-state index contributed by atoms with van der Waals surface area (Å²) >= 11 is 0. The van der Waals surface area contributed by atoms with Crippen molar-refractivity contribution in [3.8, 4) is 0 Å². The molecule has 2 aliphatic rings. The summed E-state index contributed by atoms with van der Waals surface area (Å²) in [7, 11) is 1.85. The van der Waals surface area contributed by atoms with Gasteiger partial charge in [-0.25, -0.2) is 4.79 Å². The third-order valence-corrected chi connectivity index (χ3v) is 4.41. The number of carbonyl (C=O) groups is 1. The maximum Gasteiger partial charge on any atom is 0.410 e. The molecule has 1 fully saturated rings. The molecule has 0 aromatic heterocycles. The van der Waals surface area contributed by atoms with Gasteiger partial charge in [0.2, 0.25) is 0 Å². The fourth-order valence-corrected chi connectivity index (χ4v) is 3.11. The summed E-state index contributed by atoms with van der Waals surface area (Å²) in [4.78, 5) is 14.1. The number of ether oxygens (including phenoxy) is 1. The number of carbonyl (C=O) groups excluding carboxylic acids is 1. The van der Waals surface area contributed by atoms with Gasteiger partial charge in [0.25, 0.3) is 0 Å². The normalized spacial score (nSPS) is 29.0. The number of nitrogens with one attached hydrogen (secondary N) is 1. The van der Waals surface area contributed by atoms with E-state index in [1.165, 1.54) is 12.0 Å². The van der Waals surface area contributed by atoms with Crippen LogP contribution in [0.1, 0.15) is 40.5 Å². The first-order valence-electron chi connectivity index (χ1n) is 8.32. The molecule has 3 atom stereocenters. The van der Waals surface area contributed by atoms with Crippen molar-refractivity contribution in [1.82, 2.24) is 10.2 Å². The van der Waals surface area contributed by atoms with Gasteiger partial charge in [0.15, 0.2) is 0 Å². The van der Waals surface area contributed by atoms with Gasteiger partial charge in [-0.1, -0.05) is 25.2 Å². The lowest BCUT2D eigenvalue weighted by Crippen LogP contribution is -2.44. The Bertz CT molecular complexity index is 462. The Morgan fingerprint density at radius 1 is 1.36 bits per heavy atom. The van der Waals surface area contributed by atoms with Crippen LogP contribution in [0.25, 0.3) is 0 Å². The quantitative estimate of drug-likeness (QED) is 0.850. The van der Waals surface area contributed by atoms with Crippen molar-refractivity contribution in [3.63, 3.8) is 0 Å². The van der Waals surface area contributed by atoms with E-state index < -0.39 is 5.60 Å². The third-order valence-electron chi connectivity index (χ3n) is 4.41. The molecule has 1 heterocycles. The fourth-order valence-electron chi connectivity index (χ4n) is 3.11. The van der Waals surface area contributed by atoms with Crippen molar-refractivity contribution in [2.24, 2.45) is 11.8 Å². The number of allylic oxidation sites excluding steroid dienone is 3. The molecule has 1 aliphatic carbocycles. The average molecular weight is 306 g/mol. The number of nitrogens with zero attached hydrogens (tertiary/aromatic N) is 1. The molecule has 3 unspecified atom stereocenters. The molecule has 0 saturated carbocycles. The second kappa shape index (κ2) is 6.86. The summed E-state index contributed by atoms with van der Waals surface area (Å²) in [5, 5.41) is 3.43. The van der Waals surface area contributed by atoms with E-state index in [1.807, 2.05) is 27.8 Å². The predicted molar refractivity (Wildman–Crippen MR) is 89.8 cm³/mol. The van der Waals surface area contributed by atoms with Gasteiger partial charge in [-0.15, -0.1) is 0 Å². The van der Waals surface area contributed by atoms with Gasteiger partial charge < -0.3 is 15.0 Å². The molecule has 2 rings (SSSR count). The van der Waals surface area contributed by atoms with Gasteiger partial charge in [0.1, 0.15) is 5.60 Å². The first-order valence-corrected chi connectivity index (χ1v) is 8.32. The average Bonchev–Trinajstić information content (AvgIpc) is 2.79. The summed E-state index contributed by atoms with van der Waals surface area (Å²) in [6, 6.07) is 0.152. The molecule has 22 heavy (non-hydrogen) atoms. The Labute approximate surface area is 134 Å². The molecule has 0 bridgehead atoms. The van der Waals surface area contributed by atoms with E-state index in [-0.39, 0.29) is 12.1 Å². The first-order chi connectivity index (χ1) is 10.3. The van der Waals surface area contributed by atoms with Gasteiger partial charge >= 0.3 is 6.09 Å². The molecule has 4 heteroatoms. The zero-order valence-electron chi connectivity index (χ0n) is 14.6. The van der Waals surface area contributed by atoms with Crippen LogP contribution in [0.4, 0.5) is 4.79 Å². The Morgan fingerprint density at radius 3 is 2.77 bits per heavy atom. The van der Waals surface area contributed by atoms with E-state index in [0.29, 0.717) is 11.8 Å². The monoisotopic (exact) mass is 306 g/mol. The molecule has 1 N–H and O–H groups in total. The molecule has 1 aliphatic heterocycles. The van der Waals surface area contributed by atoms with Gasteiger partial charge in [-0.05, 0) is 45.1 Å². The fraction of sp³-hybridized carbons (Fsp3) is 0.722. The molecule has 124 valence electrons. The van der Waals surface area contributed by atoms with E-state index in [2.05, 4.69) is 30.5 Å². The molecule has 0 radical (unpaired) electrons. The standard InChI is InChI=1S/C18H30N2O2/c1-13-7-6-8-14(10-9-13)15-11-19-12-16(15)20(5)17(21)22-18(2,3)4/h8-10,13,15-16,19H,6-7,11-12H2,1-5H3. The maximum atomic E-state index is 12.3. The van der Waals surface area contributed by atoms with Gasteiger partial charge in [0, 0.05) is 26.1 Å². The molecular formula is C18H30N2O2. The molecule has 4 nitrogen and oxygen atoms in total. The zero-order valence-corrected chi connectivity index (χ0v) is 14.6. The summed E-state index contributed by atoms with van der Waals surface area (Å²) < 4.78 is 5.51. The molecule has 0 aromatic carbocycles. The summed E-state index contributed by atoms with van der Waals surface area (Å²) in [5.74, 6) is 0.976. The van der Waals surface area contributed by atoms with Crippen LogP contribution in [0.15, 0.2) is 23.8 Å². The highest BCUT2D eigenvalue weighted by molar-refractivity contribution is 5.68. The van der Waals surface area contributed by atoms with E-state index in [1.54, 1.807) is 4.90 Å². The highest BCUT2D eigenvalue weighted by atomic mass is 16.6. The molecule has 1 amide bonds. The largest absolute Gasteiger partial charge is 0.444 e. The first kappa shape index (κ1) is 17.1. The minimum absolute atomic E-state index is 0.152. The van der Waals surface area contributed by atoms with Crippen molar-refractivity contribution in [1.29, 1.82) is 0 Å². The summed E-state index contributed by atoms with van der Waals surface area (Å²) in [6.45, 7) is 9.71. The van der Waals surface area contributed by atoms with Crippen molar-refractivity contribution in [2.75, 3.05) is 20.1 Å². The Hall–Kier alpha value is -1.29. The smallest absolute Gasteiger partial charge is 0.410 e. The maximum absolute atomic E-state index is 12.3. The molecular weight excluding hydrogens is 276 g/mol. The van der Waals surface area contributed by atoms with Crippen molar-refractivity contribution in [2.45, 2.75) is 52.2 Å². The third kappa shape index (κ3) is 4.35. The van der Waals surface area contributed by atoms with Crippen LogP contribution in [-0.2, 0) is 4.74 Å². The summed E-state index contributed by atoms with van der Waals surface area (Å²) in [5.41, 5.74) is 0.902. The minimum atomic E-state index is -0.455. The highest BCUT2D eigenvalue weighted by Crippen LogP contribution is 2.28. The van der Waals surface area contributed by atoms with E-state index in [4.69, 9.17) is 4.74 Å². The predicted octanol–water partition coefficient (Wildman–Crippen LogP) is 3.35. The minimum Gasteiger partial charge on any atom is -0.444 e. The van der Waals surface area contributed by atoms with Gasteiger partial charge in [-0.2, -0.15) is 0 Å². The van der Waals surface area contributed by atoms with Gasteiger partial charge in [-0.3, -0.25) is 0 Å². The molecule has 0 spiro atoms. The van der Waals surface area contributed by atoms with Crippen LogP contribution in [0, 0.1) is 11.8 Å². The summed E-state index contributed by atoms with van der Waals surface area (Å²) in [6.07, 6.45) is 8.97. The van der Waals surface area contributed by atoms with Crippen molar-refractivity contribution < 1.29 is 9.53 Å². The van der Waals surface area contributed by atoms with Crippen LogP contribution >= 0.6 is 0 Å². The van der Waals surface area contributed by atoms with Crippen molar-refractivity contribution in [3.05, 3.63) is 23.8 Å². The van der Waals surface area contributed by atoms with Crippen LogP contribution in [0.5, 0.6) is 0 Å². The molecule has 1 saturated heterocycles. The number of hydrogen-bond donors (Lipinski definition) is 1. The van der Waals surface area contributed by atoms with Crippen LogP contribution in [0.2, 0.25) is 0 Å². The van der Waals surface area contributed by atoms with Gasteiger partial charge in [0.05, 0.1) is 6.04 Å². The Kier molecular flexibility index (Phi) is 5.32. The lowest BCUT2D eigenvalue weighted by Gasteiger charge is -2.31. The lowest BCUT2D eigenvalue weighted by molar-refractivity contribution is 0.0213.